The van der Waals surface area contributed by atoms with E-state index in [1.807, 2.05) is 19.1 Å². The minimum Gasteiger partial charge on any atom is -0.459 e. The number of hydrogen-bond acceptors (Lipinski definition) is 6. The summed E-state index contributed by atoms with van der Waals surface area (Å²) in [7, 11) is -3.53. The highest BCUT2D eigenvalue weighted by molar-refractivity contribution is 7.89. The molecular formula is C20H21N3O4S2. The van der Waals surface area contributed by atoms with Crippen molar-refractivity contribution in [3.63, 3.8) is 0 Å². The van der Waals surface area contributed by atoms with Gasteiger partial charge in [0.1, 0.15) is 10.6 Å². The highest BCUT2D eigenvalue weighted by atomic mass is 32.2. The second-order valence-electron chi connectivity index (χ2n) is 7.12. The number of nitrogens with zero attached hydrogens (tertiary/aromatic N) is 1. The van der Waals surface area contributed by atoms with Crippen molar-refractivity contribution in [3.05, 3.63) is 52.7 Å². The number of aryl methyl sites for hydroxylation is 2. The first-order valence-electron chi connectivity index (χ1n) is 9.27. The van der Waals surface area contributed by atoms with Crippen molar-refractivity contribution < 1.29 is 17.6 Å². The van der Waals surface area contributed by atoms with Crippen molar-refractivity contribution in [2.24, 2.45) is 5.92 Å². The SMILES string of the molecule is Cc1ccc(-c2nc(C)c(C(=O)Nc3ccc(S(=O)(=O)NCC4CC4)cc3)s2)o1. The number of hydrogen-bond donors (Lipinski definition) is 2. The number of carbonyl (C=O) groups is 1. The summed E-state index contributed by atoms with van der Waals surface area (Å²) >= 11 is 1.25. The third kappa shape index (κ3) is 4.58. The van der Waals surface area contributed by atoms with Crippen LogP contribution in [0.3, 0.4) is 0 Å². The van der Waals surface area contributed by atoms with Crippen LogP contribution in [-0.2, 0) is 10.0 Å². The summed E-state index contributed by atoms with van der Waals surface area (Å²) in [4.78, 5) is 17.7. The number of furan rings is 1. The van der Waals surface area contributed by atoms with Gasteiger partial charge in [0.05, 0.1) is 10.6 Å². The lowest BCUT2D eigenvalue weighted by Crippen LogP contribution is -2.25. The molecular weight excluding hydrogens is 410 g/mol. The van der Waals surface area contributed by atoms with Gasteiger partial charge in [0.2, 0.25) is 10.0 Å². The van der Waals surface area contributed by atoms with Gasteiger partial charge >= 0.3 is 0 Å². The molecule has 7 nitrogen and oxygen atoms in total. The normalized spacial score (nSPS) is 14.1. The average Bonchev–Trinajstić information content (AvgIpc) is 3.29. The summed E-state index contributed by atoms with van der Waals surface area (Å²) in [6.45, 7) is 4.10. The summed E-state index contributed by atoms with van der Waals surface area (Å²) in [6.07, 6.45) is 2.15. The largest absolute Gasteiger partial charge is 0.459 e. The molecule has 4 rings (SSSR count). The Morgan fingerprint density at radius 2 is 1.90 bits per heavy atom. The van der Waals surface area contributed by atoms with Crippen LogP contribution in [0, 0.1) is 19.8 Å². The van der Waals surface area contributed by atoms with Crippen molar-refractivity contribution in [2.75, 3.05) is 11.9 Å². The van der Waals surface area contributed by atoms with E-state index in [0.717, 1.165) is 18.6 Å². The third-order valence-electron chi connectivity index (χ3n) is 4.64. The topological polar surface area (TPSA) is 101 Å². The molecule has 3 aromatic rings. The minimum atomic E-state index is -3.53. The lowest BCUT2D eigenvalue weighted by molar-refractivity contribution is 0.103. The van der Waals surface area contributed by atoms with E-state index in [4.69, 9.17) is 4.42 Å². The van der Waals surface area contributed by atoms with Gasteiger partial charge in [0.25, 0.3) is 5.91 Å². The summed E-state index contributed by atoms with van der Waals surface area (Å²) < 4.78 is 32.8. The van der Waals surface area contributed by atoms with Gasteiger partial charge in [0, 0.05) is 12.2 Å². The van der Waals surface area contributed by atoms with Gasteiger partial charge in [-0.05, 0) is 69.0 Å². The number of anilines is 1. The Bertz CT molecular complexity index is 1140. The lowest BCUT2D eigenvalue weighted by Gasteiger charge is -2.08. The summed E-state index contributed by atoms with van der Waals surface area (Å²) in [6, 6.07) is 9.81. The van der Waals surface area contributed by atoms with Crippen LogP contribution >= 0.6 is 11.3 Å². The first-order chi connectivity index (χ1) is 13.8. The third-order valence-corrected chi connectivity index (χ3v) is 7.25. The average molecular weight is 432 g/mol. The van der Waals surface area contributed by atoms with E-state index in [9.17, 15) is 13.2 Å². The van der Waals surface area contributed by atoms with Gasteiger partial charge in [-0.1, -0.05) is 0 Å². The van der Waals surface area contributed by atoms with Crippen molar-refractivity contribution in [1.82, 2.24) is 9.71 Å². The maximum absolute atomic E-state index is 12.6. The Morgan fingerprint density at radius 3 is 2.52 bits per heavy atom. The Morgan fingerprint density at radius 1 is 1.17 bits per heavy atom. The molecule has 29 heavy (non-hydrogen) atoms. The van der Waals surface area contributed by atoms with Gasteiger partial charge in [-0.3, -0.25) is 4.79 Å². The van der Waals surface area contributed by atoms with Crippen molar-refractivity contribution in [2.45, 2.75) is 31.6 Å². The summed E-state index contributed by atoms with van der Waals surface area (Å²) in [5.74, 6) is 1.57. The smallest absolute Gasteiger partial charge is 0.267 e. The molecule has 2 aromatic heterocycles. The molecule has 1 aromatic carbocycles. The van der Waals surface area contributed by atoms with Gasteiger partial charge in [0.15, 0.2) is 10.8 Å². The summed E-state index contributed by atoms with van der Waals surface area (Å²) in [5.41, 5.74) is 1.12. The molecule has 2 N–H and O–H groups in total. The van der Waals surface area contributed by atoms with Crippen LogP contribution in [0.2, 0.25) is 0 Å². The molecule has 0 unspecified atom stereocenters. The van der Waals surface area contributed by atoms with Crippen molar-refractivity contribution >= 4 is 33.0 Å². The van der Waals surface area contributed by atoms with Crippen LogP contribution in [0.15, 0.2) is 45.7 Å². The van der Waals surface area contributed by atoms with E-state index in [1.165, 1.54) is 23.5 Å². The number of rotatable bonds is 7. The van der Waals surface area contributed by atoms with Crippen LogP contribution in [-0.4, -0.2) is 25.9 Å². The number of carbonyl (C=O) groups excluding carboxylic acids is 1. The van der Waals surface area contributed by atoms with Crippen LogP contribution < -0.4 is 10.0 Å². The number of amides is 1. The quantitative estimate of drug-likeness (QED) is 0.590. The molecule has 1 saturated carbocycles. The Labute approximate surface area is 173 Å². The van der Waals surface area contributed by atoms with Crippen LogP contribution in [0.5, 0.6) is 0 Å². The number of sulfonamides is 1. The minimum absolute atomic E-state index is 0.181. The molecule has 1 fully saturated rings. The predicted octanol–water partition coefficient (Wildman–Crippen LogP) is 3.96. The van der Waals surface area contributed by atoms with E-state index >= 15 is 0 Å². The molecule has 0 atom stereocenters. The molecule has 0 spiro atoms. The highest BCUT2D eigenvalue weighted by Gasteiger charge is 2.24. The number of thiazole rings is 1. The zero-order chi connectivity index (χ0) is 20.6. The van der Waals surface area contributed by atoms with Gasteiger partial charge in [-0.15, -0.1) is 11.3 Å². The Hall–Kier alpha value is -2.49. The standard InChI is InChI=1S/C20H21N3O4S2/c1-12-3-10-17(27-12)20-22-13(2)18(28-20)19(24)23-15-6-8-16(9-7-15)29(25,26)21-11-14-4-5-14/h3,6-10,14,21H,4-5,11H2,1-2H3,(H,23,24). The second-order valence-corrected chi connectivity index (χ2v) is 9.88. The highest BCUT2D eigenvalue weighted by Crippen LogP contribution is 2.30. The number of benzene rings is 1. The molecule has 2 heterocycles. The molecule has 0 saturated heterocycles. The molecule has 1 aliphatic rings. The predicted molar refractivity (Wildman–Crippen MR) is 112 cm³/mol. The zero-order valence-corrected chi connectivity index (χ0v) is 17.7. The fourth-order valence-electron chi connectivity index (χ4n) is 2.80. The van der Waals surface area contributed by atoms with Gasteiger partial charge in [-0.2, -0.15) is 0 Å². The monoisotopic (exact) mass is 431 g/mol. The molecule has 0 bridgehead atoms. The molecule has 0 radical (unpaired) electrons. The fraction of sp³-hybridized carbons (Fsp3) is 0.300. The van der Waals surface area contributed by atoms with Gasteiger partial charge in [-0.25, -0.2) is 18.1 Å². The maximum atomic E-state index is 12.6. The molecule has 1 aliphatic carbocycles. The molecule has 9 heteroatoms. The Kier molecular flexibility index (Phi) is 5.28. The van der Waals surface area contributed by atoms with Gasteiger partial charge < -0.3 is 9.73 Å². The molecule has 152 valence electrons. The number of nitrogens with one attached hydrogen (secondary N) is 2. The Balaban J connectivity index is 1.45. The fourth-order valence-corrected chi connectivity index (χ4v) is 4.84. The summed E-state index contributed by atoms with van der Waals surface area (Å²) in [5, 5.41) is 3.44. The molecule has 0 aliphatic heterocycles. The van der Waals surface area contributed by atoms with Crippen molar-refractivity contribution in [3.8, 4) is 10.8 Å². The van der Waals surface area contributed by atoms with Crippen molar-refractivity contribution in [1.29, 1.82) is 0 Å². The van der Waals surface area contributed by atoms with E-state index < -0.39 is 10.0 Å². The molecule has 1 amide bonds. The van der Waals surface area contributed by atoms with Crippen LogP contribution in [0.1, 0.15) is 34.0 Å². The first-order valence-corrected chi connectivity index (χ1v) is 11.6. The zero-order valence-electron chi connectivity index (χ0n) is 16.1. The number of aromatic nitrogens is 1. The van der Waals surface area contributed by atoms with Crippen LogP contribution in [0.25, 0.3) is 10.8 Å². The lowest BCUT2D eigenvalue weighted by atomic mass is 10.3. The second kappa shape index (κ2) is 7.74. The first kappa shape index (κ1) is 19.8. The van der Waals surface area contributed by atoms with E-state index in [1.54, 1.807) is 19.1 Å². The van der Waals surface area contributed by atoms with Crippen LogP contribution in [0.4, 0.5) is 5.69 Å². The maximum Gasteiger partial charge on any atom is 0.267 e. The van der Waals surface area contributed by atoms with E-state index in [0.29, 0.717) is 39.5 Å². The van der Waals surface area contributed by atoms with E-state index in [2.05, 4.69) is 15.0 Å². The van der Waals surface area contributed by atoms with E-state index in [-0.39, 0.29) is 10.8 Å².